The van der Waals surface area contributed by atoms with Crippen molar-refractivity contribution in [2.45, 2.75) is 37.2 Å². The summed E-state index contributed by atoms with van der Waals surface area (Å²) in [5.74, 6) is 0.450. The number of carbonyl (C=O) groups is 1. The molecule has 0 aromatic heterocycles. The molecule has 2 N–H and O–H groups in total. The summed E-state index contributed by atoms with van der Waals surface area (Å²) in [5.41, 5.74) is 2.50. The minimum atomic E-state index is -4.46. The molecule has 10 heteroatoms. The molecule has 5 aromatic carbocycles. The van der Waals surface area contributed by atoms with Crippen LogP contribution in [0.15, 0.2) is 137 Å². The summed E-state index contributed by atoms with van der Waals surface area (Å²) < 4.78 is 52.8. The number of aliphatic hydroxyl groups excluding tert-OH is 1. The van der Waals surface area contributed by atoms with E-state index in [9.17, 15) is 18.0 Å². The van der Waals surface area contributed by atoms with Gasteiger partial charge in [0.25, 0.3) is 5.91 Å². The molecule has 1 aliphatic rings. The number of ether oxygens (including phenoxy) is 2. The lowest BCUT2D eigenvalue weighted by atomic mass is 9.81. The summed E-state index contributed by atoms with van der Waals surface area (Å²) in [4.78, 5) is 19.6. The zero-order valence-electron chi connectivity index (χ0n) is 26.9. The van der Waals surface area contributed by atoms with Gasteiger partial charge in [0.15, 0.2) is 11.6 Å². The third-order valence-electron chi connectivity index (χ3n) is 8.47. The van der Waals surface area contributed by atoms with Crippen molar-refractivity contribution in [3.05, 3.63) is 160 Å². The van der Waals surface area contributed by atoms with E-state index in [0.29, 0.717) is 29.9 Å². The molecule has 50 heavy (non-hydrogen) atoms. The standard InChI is InChI=1S/C40H34BrF3N2O4/c41-34-19-9-27(10-20-34)25-39(38(48)45-26-28-7-17-33(18-8-28)40(42,43)44)36(31-13-11-30(12-14-31)29-5-2-1-3-6-29)50-37(46-39)32-15-21-35(22-16-32)49-24-4-23-47/h1-3,5-22,36,47H,4,23-26H2,(H,45,48)/t36-,39-/m1/s1. The van der Waals surface area contributed by atoms with E-state index in [-0.39, 0.29) is 25.5 Å². The molecule has 5 aromatic rings. The fourth-order valence-electron chi connectivity index (χ4n) is 5.82. The van der Waals surface area contributed by atoms with E-state index < -0.39 is 29.3 Å². The number of hydrogen-bond donors (Lipinski definition) is 2. The molecular weight excluding hydrogens is 709 g/mol. The van der Waals surface area contributed by atoms with Gasteiger partial charge in [0.2, 0.25) is 5.90 Å². The van der Waals surface area contributed by atoms with Crippen molar-refractivity contribution < 1.29 is 32.5 Å². The molecule has 6 nitrogen and oxygen atoms in total. The van der Waals surface area contributed by atoms with E-state index in [4.69, 9.17) is 19.6 Å². The number of carbonyl (C=O) groups excluding carboxylic acids is 1. The maximum atomic E-state index is 14.6. The van der Waals surface area contributed by atoms with E-state index in [1.807, 2.05) is 78.9 Å². The number of nitrogens with one attached hydrogen (secondary N) is 1. The Hall–Kier alpha value is -4.93. The SMILES string of the molecule is O=C(NCc1ccc(C(F)(F)F)cc1)[C@]1(Cc2ccc(Br)cc2)N=C(c2ccc(OCCCO)cc2)O[C@@H]1c1ccc(-c2ccccc2)cc1. The van der Waals surface area contributed by atoms with Crippen molar-refractivity contribution in [2.24, 2.45) is 4.99 Å². The van der Waals surface area contributed by atoms with Gasteiger partial charge in [-0.15, -0.1) is 0 Å². The Bertz CT molecular complexity index is 1920. The van der Waals surface area contributed by atoms with Gasteiger partial charge in [-0.25, -0.2) is 4.99 Å². The fraction of sp³-hybridized carbons (Fsp3) is 0.200. The first-order chi connectivity index (χ1) is 24.1. The van der Waals surface area contributed by atoms with Gasteiger partial charge in [-0.05, 0) is 76.3 Å². The number of alkyl halides is 3. The van der Waals surface area contributed by atoms with Gasteiger partial charge in [-0.3, -0.25) is 4.79 Å². The van der Waals surface area contributed by atoms with E-state index in [1.165, 1.54) is 12.1 Å². The van der Waals surface area contributed by atoms with Gasteiger partial charge < -0.3 is 19.9 Å². The molecule has 0 aliphatic carbocycles. The normalized spacial score (nSPS) is 17.1. The highest BCUT2D eigenvalue weighted by atomic mass is 79.9. The average Bonchev–Trinajstić information content (AvgIpc) is 3.52. The fourth-order valence-corrected chi connectivity index (χ4v) is 6.09. The first-order valence-electron chi connectivity index (χ1n) is 16.1. The topological polar surface area (TPSA) is 80.2 Å². The maximum Gasteiger partial charge on any atom is 0.416 e. The monoisotopic (exact) mass is 742 g/mol. The summed E-state index contributed by atoms with van der Waals surface area (Å²) in [6, 6.07) is 37.3. The predicted molar refractivity (Wildman–Crippen MR) is 190 cm³/mol. The summed E-state index contributed by atoms with van der Waals surface area (Å²) in [6.45, 7) is 0.380. The quantitative estimate of drug-likeness (QED) is 0.125. The number of rotatable bonds is 12. The van der Waals surface area contributed by atoms with Crippen LogP contribution in [0.2, 0.25) is 0 Å². The van der Waals surface area contributed by atoms with E-state index in [0.717, 1.165) is 38.9 Å². The zero-order chi connectivity index (χ0) is 35.1. The van der Waals surface area contributed by atoms with Crippen LogP contribution in [0, 0.1) is 0 Å². The Morgan fingerprint density at radius 2 is 1.44 bits per heavy atom. The van der Waals surface area contributed by atoms with Crippen molar-refractivity contribution in [2.75, 3.05) is 13.2 Å². The van der Waals surface area contributed by atoms with Crippen molar-refractivity contribution >= 4 is 27.7 Å². The lowest BCUT2D eigenvalue weighted by Gasteiger charge is -2.31. The van der Waals surface area contributed by atoms with Crippen molar-refractivity contribution in [3.8, 4) is 16.9 Å². The van der Waals surface area contributed by atoms with Crippen LogP contribution in [0.4, 0.5) is 13.2 Å². The first kappa shape index (κ1) is 34.9. The molecule has 0 saturated carbocycles. The van der Waals surface area contributed by atoms with Gasteiger partial charge in [-0.2, -0.15) is 13.2 Å². The summed E-state index contributed by atoms with van der Waals surface area (Å²) in [6.07, 6.45) is -4.63. The highest BCUT2D eigenvalue weighted by Crippen LogP contribution is 2.43. The molecule has 0 unspecified atom stereocenters. The molecule has 0 bridgehead atoms. The second-order valence-corrected chi connectivity index (χ2v) is 12.9. The number of benzene rings is 5. The molecule has 6 rings (SSSR count). The maximum absolute atomic E-state index is 14.6. The zero-order valence-corrected chi connectivity index (χ0v) is 28.5. The minimum absolute atomic E-state index is 0.0105. The Labute approximate surface area is 296 Å². The largest absolute Gasteiger partial charge is 0.494 e. The van der Waals surface area contributed by atoms with Crippen molar-refractivity contribution in [1.82, 2.24) is 5.32 Å². The summed E-state index contributed by atoms with van der Waals surface area (Å²) in [7, 11) is 0. The Morgan fingerprint density at radius 3 is 2.08 bits per heavy atom. The van der Waals surface area contributed by atoms with E-state index in [1.54, 1.807) is 24.3 Å². The number of nitrogens with zero attached hydrogens (tertiary/aromatic N) is 1. The van der Waals surface area contributed by atoms with E-state index >= 15 is 0 Å². The average molecular weight is 744 g/mol. The van der Waals surface area contributed by atoms with Gasteiger partial charge in [0.1, 0.15) is 5.75 Å². The van der Waals surface area contributed by atoms with Crippen LogP contribution in [0.3, 0.4) is 0 Å². The molecule has 0 spiro atoms. The third-order valence-corrected chi connectivity index (χ3v) is 9.00. The third kappa shape index (κ3) is 8.09. The van der Waals surface area contributed by atoms with Crippen molar-refractivity contribution in [1.29, 1.82) is 0 Å². The Morgan fingerprint density at radius 1 is 0.820 bits per heavy atom. The Balaban J connectivity index is 1.38. The smallest absolute Gasteiger partial charge is 0.416 e. The molecule has 256 valence electrons. The van der Waals surface area contributed by atoms with Gasteiger partial charge >= 0.3 is 6.18 Å². The Kier molecular flexibility index (Phi) is 10.7. The molecule has 1 amide bonds. The number of aliphatic hydroxyl groups is 1. The van der Waals surface area contributed by atoms with Gasteiger partial charge in [-0.1, -0.05) is 94.8 Å². The van der Waals surface area contributed by atoms with Crippen molar-refractivity contribution in [3.63, 3.8) is 0 Å². The van der Waals surface area contributed by atoms with Crippen LogP contribution in [0.25, 0.3) is 11.1 Å². The highest BCUT2D eigenvalue weighted by molar-refractivity contribution is 9.10. The number of amides is 1. The minimum Gasteiger partial charge on any atom is -0.494 e. The van der Waals surface area contributed by atoms with Crippen LogP contribution in [-0.4, -0.2) is 35.7 Å². The van der Waals surface area contributed by atoms with Gasteiger partial charge in [0, 0.05) is 36.0 Å². The molecular formula is C40H34BrF3N2O4. The summed E-state index contributed by atoms with van der Waals surface area (Å²) >= 11 is 3.48. The second kappa shape index (κ2) is 15.3. The number of halogens is 4. The van der Waals surface area contributed by atoms with Crippen LogP contribution in [-0.2, 0) is 28.7 Å². The summed E-state index contributed by atoms with van der Waals surface area (Å²) in [5, 5.41) is 12.1. The second-order valence-electron chi connectivity index (χ2n) is 12.0. The molecule has 1 aliphatic heterocycles. The molecule has 1 heterocycles. The highest BCUT2D eigenvalue weighted by Gasteiger charge is 2.53. The van der Waals surface area contributed by atoms with E-state index in [2.05, 4.69) is 21.2 Å². The van der Waals surface area contributed by atoms with Gasteiger partial charge in [0.05, 0.1) is 12.2 Å². The van der Waals surface area contributed by atoms with Crippen LogP contribution >= 0.6 is 15.9 Å². The molecule has 2 atom stereocenters. The number of hydrogen-bond acceptors (Lipinski definition) is 5. The lowest BCUT2D eigenvalue weighted by molar-refractivity contribution is -0.137. The lowest BCUT2D eigenvalue weighted by Crippen LogP contribution is -2.49. The molecule has 0 saturated heterocycles. The van der Waals surface area contributed by atoms with Crippen LogP contribution in [0.5, 0.6) is 5.75 Å². The molecule has 0 radical (unpaired) electrons. The first-order valence-corrected chi connectivity index (χ1v) is 16.9. The molecule has 0 fully saturated rings. The van der Waals surface area contributed by atoms with Crippen LogP contribution < -0.4 is 10.1 Å². The van der Waals surface area contributed by atoms with Crippen LogP contribution in [0.1, 0.15) is 40.3 Å². The predicted octanol–water partition coefficient (Wildman–Crippen LogP) is 8.71. The number of aliphatic imine (C=N–C) groups is 1.